The number of hydrogen-bond donors (Lipinski definition) is 1. The maximum atomic E-state index is 13.2. The second-order valence-electron chi connectivity index (χ2n) is 9.18. The zero-order valence-electron chi connectivity index (χ0n) is 25.6. The van der Waals surface area contributed by atoms with E-state index < -0.39 is 0 Å². The van der Waals surface area contributed by atoms with Gasteiger partial charge in [0.15, 0.2) is 0 Å². The van der Waals surface area contributed by atoms with E-state index in [-0.39, 0.29) is 11.7 Å². The lowest BCUT2D eigenvalue weighted by Crippen LogP contribution is -2.06. The first-order chi connectivity index (χ1) is 16.9. The molecule has 1 aliphatic carbocycles. The molecule has 2 nitrogen and oxygen atoms in total. The van der Waals surface area contributed by atoms with Gasteiger partial charge < -0.3 is 10.5 Å². The molecule has 1 unspecified atom stereocenters. The van der Waals surface area contributed by atoms with Crippen LogP contribution in [0.25, 0.3) is 0 Å². The summed E-state index contributed by atoms with van der Waals surface area (Å²) >= 11 is 0. The Kier molecular flexibility index (Phi) is 43.9. The van der Waals surface area contributed by atoms with Crippen molar-refractivity contribution in [2.45, 2.75) is 152 Å². The number of nitrogens with two attached hydrogens (primary N) is 1. The Morgan fingerprint density at radius 1 is 0.857 bits per heavy atom. The van der Waals surface area contributed by atoms with E-state index in [0.29, 0.717) is 0 Å². The average molecular weight is 500 g/mol. The number of allylic oxidation sites excluding steroid dienone is 5. The van der Waals surface area contributed by atoms with Crippen LogP contribution in [0.4, 0.5) is 4.39 Å². The van der Waals surface area contributed by atoms with Crippen LogP contribution in [-0.2, 0) is 4.74 Å². The fraction of sp³-hybridized carbons (Fsp3) is 0.812. The lowest BCUT2D eigenvalue weighted by molar-refractivity contribution is 0.176. The van der Waals surface area contributed by atoms with Crippen molar-refractivity contribution in [3.63, 3.8) is 0 Å². The van der Waals surface area contributed by atoms with E-state index in [1.54, 1.807) is 12.2 Å². The molecule has 0 spiro atoms. The summed E-state index contributed by atoms with van der Waals surface area (Å²) in [4.78, 5) is 0. The van der Waals surface area contributed by atoms with Gasteiger partial charge in [-0.05, 0) is 44.9 Å². The molecule has 2 N–H and O–H groups in total. The Hall–Kier alpha value is -1.09. The molecule has 3 heteroatoms. The van der Waals surface area contributed by atoms with Gasteiger partial charge in [0, 0.05) is 5.92 Å². The minimum absolute atomic E-state index is 0.0944. The van der Waals surface area contributed by atoms with Gasteiger partial charge in [0.05, 0.1) is 12.4 Å². The number of halogens is 1. The van der Waals surface area contributed by atoms with Crippen molar-refractivity contribution in [2.75, 3.05) is 13.7 Å². The Balaban J connectivity index is -0.000000307. The Bertz CT molecular complexity index is 448. The highest BCUT2D eigenvalue weighted by atomic mass is 19.1. The Labute approximate surface area is 222 Å². The summed E-state index contributed by atoms with van der Waals surface area (Å²) in [6.45, 7) is 22.1. The molecule has 1 rings (SSSR count). The average Bonchev–Trinajstić information content (AvgIpc) is 2.87. The summed E-state index contributed by atoms with van der Waals surface area (Å²) < 4.78 is 19.0. The van der Waals surface area contributed by atoms with Crippen LogP contribution in [0.15, 0.2) is 35.9 Å². The van der Waals surface area contributed by atoms with Crippen LogP contribution in [0.5, 0.6) is 0 Å². The van der Waals surface area contributed by atoms with Crippen molar-refractivity contribution in [1.82, 2.24) is 0 Å². The zero-order valence-corrected chi connectivity index (χ0v) is 25.6. The number of rotatable bonds is 14. The van der Waals surface area contributed by atoms with E-state index in [4.69, 9.17) is 4.74 Å². The third kappa shape index (κ3) is 37.6. The topological polar surface area (TPSA) is 35.2 Å². The summed E-state index contributed by atoms with van der Waals surface area (Å²) in [6, 6.07) is 0. The third-order valence-corrected chi connectivity index (χ3v) is 5.30. The molecule has 35 heavy (non-hydrogen) atoms. The highest BCUT2D eigenvalue weighted by molar-refractivity contribution is 5.23. The Morgan fingerprint density at radius 3 is 1.74 bits per heavy atom. The van der Waals surface area contributed by atoms with Crippen molar-refractivity contribution < 1.29 is 9.13 Å². The summed E-state index contributed by atoms with van der Waals surface area (Å²) in [7, 11) is 1.50. The molecule has 0 aromatic carbocycles. The molecule has 1 aliphatic rings. The van der Waals surface area contributed by atoms with Gasteiger partial charge in [-0.2, -0.15) is 0 Å². The molecule has 0 saturated heterocycles. The van der Waals surface area contributed by atoms with Gasteiger partial charge in [0.25, 0.3) is 0 Å². The smallest absolute Gasteiger partial charge is 0.119 e. The lowest BCUT2D eigenvalue weighted by Gasteiger charge is -2.19. The quantitative estimate of drug-likeness (QED) is 0.190. The van der Waals surface area contributed by atoms with Gasteiger partial charge in [-0.3, -0.25) is 0 Å². The van der Waals surface area contributed by atoms with Crippen LogP contribution in [-0.4, -0.2) is 13.7 Å². The third-order valence-electron chi connectivity index (χ3n) is 5.30. The fourth-order valence-electron chi connectivity index (χ4n) is 2.79. The van der Waals surface area contributed by atoms with Crippen molar-refractivity contribution in [1.29, 1.82) is 0 Å². The first kappa shape index (κ1) is 41.1. The fourth-order valence-corrected chi connectivity index (χ4v) is 2.79. The molecular formula is C32H66FNO. The predicted octanol–water partition coefficient (Wildman–Crippen LogP) is 11.5. The van der Waals surface area contributed by atoms with E-state index in [0.717, 1.165) is 38.0 Å². The largest absolute Gasteiger partial charge is 0.498 e. The van der Waals surface area contributed by atoms with Gasteiger partial charge in [0.1, 0.15) is 5.83 Å². The van der Waals surface area contributed by atoms with Crippen LogP contribution >= 0.6 is 0 Å². The van der Waals surface area contributed by atoms with Crippen LogP contribution < -0.4 is 5.73 Å². The first-order valence-corrected chi connectivity index (χ1v) is 14.8. The highest BCUT2D eigenvalue weighted by Gasteiger charge is 2.13. The summed E-state index contributed by atoms with van der Waals surface area (Å²) in [5.41, 5.74) is 5.67. The SMILES string of the molecule is C=C(OCCCCCCCCC)C(C)CC1=CC(F)=CCC1.CCC.CCCC.CCCC.CN. The van der Waals surface area contributed by atoms with Crippen LogP contribution in [0, 0.1) is 5.92 Å². The minimum Gasteiger partial charge on any atom is -0.498 e. The van der Waals surface area contributed by atoms with Crippen LogP contribution in [0.3, 0.4) is 0 Å². The summed E-state index contributed by atoms with van der Waals surface area (Å²) in [5, 5.41) is 0. The molecule has 1 atom stereocenters. The van der Waals surface area contributed by atoms with Crippen LogP contribution in [0.2, 0.25) is 0 Å². The molecular weight excluding hydrogens is 433 g/mol. The van der Waals surface area contributed by atoms with Crippen molar-refractivity contribution in [3.8, 4) is 0 Å². The molecule has 0 saturated carbocycles. The second kappa shape index (κ2) is 37.5. The zero-order chi connectivity index (χ0) is 27.7. The van der Waals surface area contributed by atoms with E-state index in [9.17, 15) is 4.39 Å². The molecule has 0 aromatic heterocycles. The van der Waals surface area contributed by atoms with E-state index >= 15 is 0 Å². The first-order valence-electron chi connectivity index (χ1n) is 14.8. The minimum atomic E-state index is -0.0944. The maximum absolute atomic E-state index is 13.2. The molecule has 0 aliphatic heterocycles. The molecule has 0 aromatic rings. The van der Waals surface area contributed by atoms with Gasteiger partial charge in [-0.25, -0.2) is 4.39 Å². The van der Waals surface area contributed by atoms with Gasteiger partial charge >= 0.3 is 0 Å². The normalized spacial score (nSPS) is 12.4. The van der Waals surface area contributed by atoms with Crippen LogP contribution in [0.1, 0.15) is 152 Å². The second-order valence-corrected chi connectivity index (χ2v) is 9.18. The number of ether oxygens (including phenoxy) is 1. The molecule has 212 valence electrons. The van der Waals surface area contributed by atoms with E-state index in [2.05, 4.69) is 67.7 Å². The predicted molar refractivity (Wildman–Crippen MR) is 161 cm³/mol. The van der Waals surface area contributed by atoms with Crippen molar-refractivity contribution in [2.24, 2.45) is 11.7 Å². The monoisotopic (exact) mass is 500 g/mol. The van der Waals surface area contributed by atoms with Gasteiger partial charge in [-0.15, -0.1) is 0 Å². The standard InChI is InChI=1S/C20H33FO.2C4H10.C3H8.CH5N/c1-4-5-6-7-8-9-10-14-22-18(3)17(2)15-19-12-11-13-20(21)16-19;2*1-3-4-2;1-3-2;1-2/h13,16-17H,3-12,14-15H2,1-2H3;2*3-4H2,1-2H3;3H2,1-2H3;2H2,1H3. The van der Waals surface area contributed by atoms with Gasteiger partial charge in [0.2, 0.25) is 0 Å². The van der Waals surface area contributed by atoms with E-state index in [1.165, 1.54) is 83.2 Å². The van der Waals surface area contributed by atoms with Crippen molar-refractivity contribution in [3.05, 3.63) is 35.9 Å². The molecule has 0 amide bonds. The number of hydrogen-bond acceptors (Lipinski definition) is 2. The number of unbranched alkanes of at least 4 members (excludes halogenated alkanes) is 8. The highest BCUT2D eigenvalue weighted by Crippen LogP contribution is 2.27. The summed E-state index contributed by atoms with van der Waals surface area (Å²) in [6.07, 6.45) is 21.5. The molecule has 0 bridgehead atoms. The summed E-state index contributed by atoms with van der Waals surface area (Å²) in [5.74, 6) is 1.02. The molecule has 0 radical (unpaired) electrons. The van der Waals surface area contributed by atoms with E-state index in [1.807, 2.05) is 0 Å². The molecule has 0 heterocycles. The van der Waals surface area contributed by atoms with Gasteiger partial charge in [-0.1, -0.05) is 138 Å². The van der Waals surface area contributed by atoms with Crippen molar-refractivity contribution >= 4 is 0 Å². The Morgan fingerprint density at radius 2 is 1.31 bits per heavy atom. The maximum Gasteiger partial charge on any atom is 0.119 e. The molecule has 0 fully saturated rings. The lowest BCUT2D eigenvalue weighted by atomic mass is 9.94.